The van der Waals surface area contributed by atoms with E-state index in [1.165, 1.54) is 0 Å². The highest BCUT2D eigenvalue weighted by molar-refractivity contribution is 6.33. The topological polar surface area (TPSA) is 69.1 Å². The van der Waals surface area contributed by atoms with Crippen LogP contribution in [0.5, 0.6) is 5.75 Å². The van der Waals surface area contributed by atoms with Gasteiger partial charge in [-0.3, -0.25) is 4.79 Å². The van der Waals surface area contributed by atoms with Crippen LogP contribution < -0.4 is 9.64 Å². The average molecular weight is 533 g/mol. The number of ether oxygens (including phenoxy) is 3. The van der Waals surface area contributed by atoms with Crippen molar-refractivity contribution in [2.75, 3.05) is 44.3 Å². The van der Waals surface area contributed by atoms with Gasteiger partial charge in [0.15, 0.2) is 6.29 Å². The Morgan fingerprint density at radius 2 is 2.00 bits per heavy atom. The Bertz CT molecular complexity index is 1110. The highest BCUT2D eigenvalue weighted by Gasteiger charge is 2.46. The van der Waals surface area contributed by atoms with Crippen molar-refractivity contribution >= 4 is 34.8 Å². The predicted octanol–water partition coefficient (Wildman–Crippen LogP) is 3.80. The van der Waals surface area contributed by atoms with Crippen LogP contribution in [-0.4, -0.2) is 77.0 Å². The monoisotopic (exact) mass is 532 g/mol. The molecule has 1 unspecified atom stereocenters. The zero-order valence-electron chi connectivity index (χ0n) is 20.2. The Morgan fingerprint density at radius 3 is 2.67 bits per heavy atom. The Balaban J connectivity index is 1.20. The molecule has 2 aliphatic heterocycles. The lowest BCUT2D eigenvalue weighted by molar-refractivity contribution is -0.129. The van der Waals surface area contributed by atoms with E-state index in [-0.39, 0.29) is 17.9 Å². The Morgan fingerprint density at radius 1 is 1.22 bits per heavy atom. The molecule has 5 rings (SSSR count). The zero-order chi connectivity index (χ0) is 25.1. The van der Waals surface area contributed by atoms with Crippen LogP contribution in [0, 0.1) is 0 Å². The number of anilines is 1. The molecule has 1 amide bonds. The minimum absolute atomic E-state index is 0.130. The van der Waals surface area contributed by atoms with Crippen LogP contribution in [0.15, 0.2) is 65.7 Å². The summed E-state index contributed by atoms with van der Waals surface area (Å²) in [7, 11) is 0. The first kappa shape index (κ1) is 25.1. The highest BCUT2D eigenvalue weighted by atomic mass is 35.5. The smallest absolute Gasteiger partial charge is 0.219 e. The number of aromatic nitrogens is 2. The van der Waals surface area contributed by atoms with Crippen LogP contribution in [-0.2, 0) is 20.8 Å². The summed E-state index contributed by atoms with van der Waals surface area (Å²) in [5, 5.41) is 0.459. The molecular weight excluding hydrogens is 503 g/mol. The number of nitrogens with zero attached hydrogens (tertiary/aromatic N) is 4. The number of amides is 1. The van der Waals surface area contributed by atoms with Crippen LogP contribution in [0.3, 0.4) is 0 Å². The van der Waals surface area contributed by atoms with E-state index in [0.717, 1.165) is 43.2 Å². The zero-order valence-corrected chi connectivity index (χ0v) is 21.7. The third kappa shape index (κ3) is 5.57. The number of rotatable bonds is 7. The van der Waals surface area contributed by atoms with Crippen LogP contribution in [0.4, 0.5) is 5.69 Å². The minimum atomic E-state index is -0.759. The first-order valence-corrected chi connectivity index (χ1v) is 12.9. The van der Waals surface area contributed by atoms with Gasteiger partial charge in [0.1, 0.15) is 18.0 Å². The fraction of sp³-hybridized carbons (Fsp3) is 0.462. The molecule has 0 saturated carbocycles. The summed E-state index contributed by atoms with van der Waals surface area (Å²) < 4.78 is 20.5. The number of hydrogen-bond donors (Lipinski definition) is 0. The molecule has 2 aromatic rings. The van der Waals surface area contributed by atoms with Gasteiger partial charge in [0.05, 0.1) is 24.9 Å². The molecule has 0 radical (unpaired) electrons. The van der Waals surface area contributed by atoms with Crippen molar-refractivity contribution in [3.63, 3.8) is 0 Å². The van der Waals surface area contributed by atoms with Crippen LogP contribution in [0.25, 0.3) is 0 Å². The molecule has 3 heterocycles. The molecule has 1 aliphatic carbocycles. The van der Waals surface area contributed by atoms with Crippen molar-refractivity contribution in [2.24, 2.45) is 0 Å². The molecule has 2 saturated heterocycles. The van der Waals surface area contributed by atoms with Crippen LogP contribution in [0.2, 0.25) is 0 Å². The molecule has 0 bridgehead atoms. The van der Waals surface area contributed by atoms with E-state index in [4.69, 9.17) is 37.4 Å². The van der Waals surface area contributed by atoms with E-state index >= 15 is 0 Å². The van der Waals surface area contributed by atoms with Gasteiger partial charge in [0.2, 0.25) is 5.91 Å². The van der Waals surface area contributed by atoms with Gasteiger partial charge < -0.3 is 28.6 Å². The molecule has 2 fully saturated rings. The number of imidazole rings is 1. The summed E-state index contributed by atoms with van der Waals surface area (Å²) in [5.41, 5.74) is 1.23. The van der Waals surface area contributed by atoms with Gasteiger partial charge in [0.25, 0.3) is 0 Å². The molecule has 1 aromatic carbocycles. The minimum Gasteiger partial charge on any atom is -0.488 e. The largest absolute Gasteiger partial charge is 0.488 e. The molecule has 1 aromatic heterocycles. The third-order valence-corrected chi connectivity index (χ3v) is 7.43. The summed E-state index contributed by atoms with van der Waals surface area (Å²) in [5.74, 6) is 0.866. The van der Waals surface area contributed by atoms with Crippen LogP contribution >= 0.6 is 23.2 Å². The second-order valence-electron chi connectivity index (χ2n) is 9.27. The molecular formula is C26H30Cl2N4O4. The van der Waals surface area contributed by atoms with Gasteiger partial charge in [-0.1, -0.05) is 17.7 Å². The Hall–Kier alpha value is -2.52. The molecule has 3 aliphatic rings. The lowest BCUT2D eigenvalue weighted by Crippen LogP contribution is -2.48. The number of alkyl halides is 1. The summed E-state index contributed by atoms with van der Waals surface area (Å²) >= 11 is 12.9. The highest BCUT2D eigenvalue weighted by Crippen LogP contribution is 2.40. The maximum Gasteiger partial charge on any atom is 0.219 e. The summed E-state index contributed by atoms with van der Waals surface area (Å²) in [4.78, 5) is 19.9. The van der Waals surface area contributed by atoms with Gasteiger partial charge >= 0.3 is 0 Å². The van der Waals surface area contributed by atoms with Crippen molar-refractivity contribution in [2.45, 2.75) is 37.2 Å². The van der Waals surface area contributed by atoms with E-state index in [1.54, 1.807) is 19.4 Å². The van der Waals surface area contributed by atoms with Gasteiger partial charge in [-0.15, -0.1) is 11.6 Å². The van der Waals surface area contributed by atoms with Gasteiger partial charge in [-0.05, 0) is 36.8 Å². The predicted molar refractivity (Wildman–Crippen MR) is 138 cm³/mol. The fourth-order valence-corrected chi connectivity index (χ4v) is 5.54. The first-order chi connectivity index (χ1) is 17.4. The number of carbonyl (C=O) groups is 1. The first-order valence-electron chi connectivity index (χ1n) is 12.1. The quantitative estimate of drug-likeness (QED) is 0.505. The average Bonchev–Trinajstić information content (AvgIpc) is 3.54. The maximum absolute atomic E-state index is 11.6. The molecule has 8 nitrogen and oxygen atoms in total. The lowest BCUT2D eigenvalue weighted by atomic mass is 9.89. The normalized spacial score (nSPS) is 26.5. The van der Waals surface area contributed by atoms with Gasteiger partial charge in [0, 0.05) is 61.8 Å². The number of hydrogen-bond acceptors (Lipinski definition) is 6. The van der Waals surface area contributed by atoms with E-state index in [2.05, 4.69) is 9.88 Å². The SMILES string of the molecule is CC(=O)N1CCN(c2ccc(OC[C@@H]3OC[C@](Cn4ccnc4)(C4=CCC(Cl)C=C4Cl)O3)cc2)CC1. The number of allylic oxidation sites excluding steroid dienone is 2. The molecule has 0 spiro atoms. The lowest BCUT2D eigenvalue weighted by Gasteiger charge is -2.35. The van der Waals surface area contributed by atoms with Crippen molar-refractivity contribution in [3.8, 4) is 5.75 Å². The molecule has 192 valence electrons. The van der Waals surface area contributed by atoms with Gasteiger partial charge in [-0.25, -0.2) is 4.98 Å². The second kappa shape index (κ2) is 10.8. The number of halogens is 2. The second-order valence-corrected chi connectivity index (χ2v) is 10.2. The van der Waals surface area contributed by atoms with E-state index in [0.29, 0.717) is 24.6 Å². The Labute approximate surface area is 221 Å². The van der Waals surface area contributed by atoms with E-state index < -0.39 is 11.9 Å². The summed E-state index contributed by atoms with van der Waals surface area (Å²) in [6.07, 6.45) is 9.40. The summed E-state index contributed by atoms with van der Waals surface area (Å²) in [6.45, 7) is 5.84. The fourth-order valence-electron chi connectivity index (χ4n) is 4.86. The number of carbonyl (C=O) groups excluding carboxylic acids is 1. The summed E-state index contributed by atoms with van der Waals surface area (Å²) in [6, 6.07) is 7.98. The maximum atomic E-state index is 11.6. The molecule has 10 heteroatoms. The van der Waals surface area contributed by atoms with Crippen molar-refractivity contribution in [1.82, 2.24) is 14.5 Å². The molecule has 36 heavy (non-hydrogen) atoms. The van der Waals surface area contributed by atoms with E-state index in [1.807, 2.05) is 52.1 Å². The van der Waals surface area contributed by atoms with Gasteiger partial charge in [-0.2, -0.15) is 0 Å². The van der Waals surface area contributed by atoms with Crippen molar-refractivity contribution in [1.29, 1.82) is 0 Å². The number of benzene rings is 1. The number of piperazine rings is 1. The Kier molecular flexibility index (Phi) is 7.57. The molecule has 0 N–H and O–H groups in total. The van der Waals surface area contributed by atoms with E-state index in [9.17, 15) is 4.79 Å². The molecule has 3 atom stereocenters. The standard InChI is InChI=1S/C26H30Cl2N4O4/c1-19(33)31-10-12-32(13-11-31)21-3-5-22(6-4-21)34-15-25-35-17-26(36-25,16-30-9-8-29-18-30)23-7-2-20(27)14-24(23)28/h3-9,14,18,20,25H,2,10-13,15-17H2,1H3/t20?,25-,26-/m1/s1. The van der Waals surface area contributed by atoms with Crippen molar-refractivity contribution < 1.29 is 19.0 Å². The van der Waals surface area contributed by atoms with Crippen LogP contribution in [0.1, 0.15) is 13.3 Å². The van der Waals surface area contributed by atoms with Crippen molar-refractivity contribution in [3.05, 3.63) is 65.7 Å². The third-order valence-electron chi connectivity index (χ3n) is 6.79.